The third kappa shape index (κ3) is 3.37. The Kier molecular flexibility index (Phi) is 4.75. The van der Waals surface area contributed by atoms with Crippen LogP contribution in [0.5, 0.6) is 0 Å². The lowest BCUT2D eigenvalue weighted by Crippen LogP contribution is -2.39. The highest BCUT2D eigenvalue weighted by Gasteiger charge is 2.51. The van der Waals surface area contributed by atoms with Crippen molar-refractivity contribution in [1.82, 2.24) is 15.3 Å². The average molecular weight is 414 g/mol. The standard InChI is InChI=1S/C24H22N4O3/c29-14-18(9-15-5-2-1-3-6-15)27-22(30)20-10-16-11-24(12-17(16)13-26-20)19-7-4-8-25-21(19)28-23(24)31/h1-8,10,13,18,29H,9,11-12,14H2,(H,27,30)(H,25,28,31)/t18-,24?/m1/s1. The first kappa shape index (κ1) is 19.4. The van der Waals surface area contributed by atoms with Crippen LogP contribution < -0.4 is 10.6 Å². The van der Waals surface area contributed by atoms with Crippen molar-refractivity contribution in [2.75, 3.05) is 11.9 Å². The van der Waals surface area contributed by atoms with Crippen molar-refractivity contribution < 1.29 is 14.7 Å². The van der Waals surface area contributed by atoms with E-state index in [2.05, 4.69) is 20.6 Å². The van der Waals surface area contributed by atoms with E-state index in [4.69, 9.17) is 0 Å². The molecule has 5 rings (SSSR count). The topological polar surface area (TPSA) is 104 Å². The molecule has 1 spiro atoms. The highest BCUT2D eigenvalue weighted by molar-refractivity contribution is 6.06. The van der Waals surface area contributed by atoms with Gasteiger partial charge in [-0.1, -0.05) is 36.4 Å². The predicted octanol–water partition coefficient (Wildman–Crippen LogP) is 1.80. The first-order chi connectivity index (χ1) is 15.1. The van der Waals surface area contributed by atoms with E-state index in [1.807, 2.05) is 42.5 Å². The maximum Gasteiger partial charge on any atom is 0.270 e. The molecule has 0 saturated carbocycles. The molecule has 0 saturated heterocycles. The van der Waals surface area contributed by atoms with Crippen LogP contribution in [0, 0.1) is 0 Å². The summed E-state index contributed by atoms with van der Waals surface area (Å²) in [6.07, 6.45) is 4.92. The lowest BCUT2D eigenvalue weighted by atomic mass is 9.79. The molecule has 156 valence electrons. The Morgan fingerprint density at radius 2 is 1.94 bits per heavy atom. The summed E-state index contributed by atoms with van der Waals surface area (Å²) >= 11 is 0. The lowest BCUT2D eigenvalue weighted by molar-refractivity contribution is -0.120. The fraction of sp³-hybridized carbons (Fsp3) is 0.250. The highest BCUT2D eigenvalue weighted by atomic mass is 16.3. The minimum absolute atomic E-state index is 0.0633. The summed E-state index contributed by atoms with van der Waals surface area (Å²) in [5.41, 5.74) is 3.42. The van der Waals surface area contributed by atoms with E-state index in [0.29, 0.717) is 25.1 Å². The van der Waals surface area contributed by atoms with Crippen molar-refractivity contribution in [3.05, 3.63) is 88.9 Å². The van der Waals surface area contributed by atoms with E-state index in [9.17, 15) is 14.7 Å². The van der Waals surface area contributed by atoms with E-state index >= 15 is 0 Å². The zero-order valence-electron chi connectivity index (χ0n) is 16.8. The Bertz CT molecular complexity index is 1160. The quantitative estimate of drug-likeness (QED) is 0.591. The van der Waals surface area contributed by atoms with Gasteiger partial charge in [-0.15, -0.1) is 0 Å². The van der Waals surface area contributed by atoms with E-state index in [-0.39, 0.29) is 24.1 Å². The van der Waals surface area contributed by atoms with Crippen molar-refractivity contribution in [3.63, 3.8) is 0 Å². The number of carbonyl (C=O) groups excluding carboxylic acids is 2. The summed E-state index contributed by atoms with van der Waals surface area (Å²) in [5.74, 6) is 0.209. The van der Waals surface area contributed by atoms with Crippen LogP contribution in [-0.2, 0) is 29.5 Å². The largest absolute Gasteiger partial charge is 0.394 e. The number of carbonyl (C=O) groups is 2. The van der Waals surface area contributed by atoms with E-state index in [1.165, 1.54) is 0 Å². The van der Waals surface area contributed by atoms with Crippen molar-refractivity contribution >= 4 is 17.6 Å². The molecule has 0 fully saturated rings. The molecule has 2 amide bonds. The molecule has 7 heteroatoms. The summed E-state index contributed by atoms with van der Waals surface area (Å²) in [5, 5.41) is 15.5. The number of pyridine rings is 2. The van der Waals surface area contributed by atoms with Crippen molar-refractivity contribution in [2.24, 2.45) is 0 Å². The summed E-state index contributed by atoms with van der Waals surface area (Å²) in [6.45, 7) is -0.168. The molecule has 2 atom stereocenters. The number of aromatic nitrogens is 2. The zero-order chi connectivity index (χ0) is 21.4. The maximum absolute atomic E-state index is 12.8. The summed E-state index contributed by atoms with van der Waals surface area (Å²) in [6, 6.07) is 14.8. The van der Waals surface area contributed by atoms with Crippen molar-refractivity contribution in [1.29, 1.82) is 0 Å². The number of hydrogen-bond donors (Lipinski definition) is 3. The number of aliphatic hydroxyl groups excluding tert-OH is 1. The number of nitrogens with zero attached hydrogens (tertiary/aromatic N) is 2. The molecule has 0 bridgehead atoms. The minimum Gasteiger partial charge on any atom is -0.394 e. The van der Waals surface area contributed by atoms with Crippen LogP contribution in [0.4, 0.5) is 5.82 Å². The second kappa shape index (κ2) is 7.59. The Labute approximate surface area is 179 Å². The normalized spacial score (nSPS) is 19.6. The number of aliphatic hydroxyl groups is 1. The summed E-state index contributed by atoms with van der Waals surface area (Å²) in [7, 11) is 0. The molecule has 3 aromatic rings. The van der Waals surface area contributed by atoms with Crippen LogP contribution in [-0.4, -0.2) is 39.5 Å². The number of rotatable bonds is 5. The molecule has 2 aromatic heterocycles. The second-order valence-electron chi connectivity index (χ2n) is 8.17. The van der Waals surface area contributed by atoms with Gasteiger partial charge in [-0.3, -0.25) is 14.6 Å². The smallest absolute Gasteiger partial charge is 0.270 e. The molecule has 3 N–H and O–H groups in total. The molecule has 0 radical (unpaired) electrons. The van der Waals surface area contributed by atoms with Crippen LogP contribution in [0.2, 0.25) is 0 Å². The van der Waals surface area contributed by atoms with Crippen LogP contribution >= 0.6 is 0 Å². The molecule has 31 heavy (non-hydrogen) atoms. The van der Waals surface area contributed by atoms with E-state index in [1.54, 1.807) is 18.5 Å². The summed E-state index contributed by atoms with van der Waals surface area (Å²) < 4.78 is 0. The Morgan fingerprint density at radius 1 is 1.13 bits per heavy atom. The van der Waals surface area contributed by atoms with Gasteiger partial charge in [-0.05, 0) is 48.1 Å². The fourth-order valence-electron chi connectivity index (χ4n) is 4.60. The van der Waals surface area contributed by atoms with Gasteiger partial charge in [0.15, 0.2) is 0 Å². The monoisotopic (exact) mass is 414 g/mol. The van der Waals surface area contributed by atoms with Crippen LogP contribution in [0.1, 0.15) is 32.7 Å². The highest BCUT2D eigenvalue weighted by Crippen LogP contribution is 2.46. The van der Waals surface area contributed by atoms with Gasteiger partial charge in [-0.25, -0.2) is 4.98 Å². The molecule has 7 nitrogen and oxygen atoms in total. The number of hydrogen-bond acceptors (Lipinski definition) is 5. The number of benzene rings is 1. The molecule has 2 aliphatic rings. The molecule has 1 aliphatic carbocycles. The van der Waals surface area contributed by atoms with Gasteiger partial charge < -0.3 is 15.7 Å². The van der Waals surface area contributed by atoms with E-state index in [0.717, 1.165) is 22.3 Å². The first-order valence-corrected chi connectivity index (χ1v) is 10.3. The second-order valence-corrected chi connectivity index (χ2v) is 8.17. The molecule has 1 aromatic carbocycles. The van der Waals surface area contributed by atoms with Gasteiger partial charge in [0, 0.05) is 18.0 Å². The maximum atomic E-state index is 12.8. The zero-order valence-corrected chi connectivity index (χ0v) is 16.8. The fourth-order valence-corrected chi connectivity index (χ4v) is 4.60. The van der Waals surface area contributed by atoms with Crippen LogP contribution in [0.3, 0.4) is 0 Å². The average Bonchev–Trinajstić information content (AvgIpc) is 3.31. The molecule has 1 unspecified atom stereocenters. The van der Waals surface area contributed by atoms with Crippen LogP contribution in [0.15, 0.2) is 60.9 Å². The van der Waals surface area contributed by atoms with Crippen LogP contribution in [0.25, 0.3) is 0 Å². The Morgan fingerprint density at radius 3 is 2.74 bits per heavy atom. The van der Waals surface area contributed by atoms with Gasteiger partial charge in [-0.2, -0.15) is 0 Å². The number of amides is 2. The van der Waals surface area contributed by atoms with Gasteiger partial charge >= 0.3 is 0 Å². The Balaban J connectivity index is 1.35. The van der Waals surface area contributed by atoms with Crippen molar-refractivity contribution in [3.8, 4) is 0 Å². The SMILES string of the molecule is O=C(N[C@@H](CO)Cc1ccccc1)c1cc2c(cn1)CC1(C2)C(=O)Nc2ncccc21. The third-order valence-corrected chi connectivity index (χ3v) is 6.17. The Hall–Kier alpha value is -3.58. The van der Waals surface area contributed by atoms with E-state index < -0.39 is 11.5 Å². The summed E-state index contributed by atoms with van der Waals surface area (Å²) in [4.78, 5) is 34.2. The molecular formula is C24H22N4O3. The first-order valence-electron chi connectivity index (χ1n) is 10.3. The third-order valence-electron chi connectivity index (χ3n) is 6.17. The van der Waals surface area contributed by atoms with Gasteiger partial charge in [0.25, 0.3) is 5.91 Å². The number of fused-ring (bicyclic) bond motifs is 3. The number of nitrogens with one attached hydrogen (secondary N) is 2. The molecular weight excluding hydrogens is 392 g/mol. The molecule has 1 aliphatic heterocycles. The minimum atomic E-state index is -0.691. The van der Waals surface area contributed by atoms with Gasteiger partial charge in [0.1, 0.15) is 11.5 Å². The lowest BCUT2D eigenvalue weighted by Gasteiger charge is -2.20. The van der Waals surface area contributed by atoms with Crippen molar-refractivity contribution in [2.45, 2.75) is 30.7 Å². The van der Waals surface area contributed by atoms with Gasteiger partial charge in [0.2, 0.25) is 5.91 Å². The van der Waals surface area contributed by atoms with Gasteiger partial charge in [0.05, 0.1) is 18.1 Å². The number of anilines is 1. The molecule has 3 heterocycles. The predicted molar refractivity (Wildman–Crippen MR) is 115 cm³/mol.